The van der Waals surface area contributed by atoms with Crippen molar-refractivity contribution in [3.05, 3.63) is 17.5 Å². The van der Waals surface area contributed by atoms with E-state index in [4.69, 9.17) is 0 Å². The molecule has 0 aromatic carbocycles. The molecule has 98 valence electrons. The highest BCUT2D eigenvalue weighted by molar-refractivity contribution is 5.76. The highest BCUT2D eigenvalue weighted by Crippen LogP contribution is 2.60. The average molecular weight is 248 g/mol. The molecule has 3 rings (SSSR count). The van der Waals surface area contributed by atoms with Crippen LogP contribution in [0.25, 0.3) is 0 Å². The Bertz CT molecular complexity index is 482. The van der Waals surface area contributed by atoms with Crippen molar-refractivity contribution in [3.8, 4) is 0 Å². The van der Waals surface area contributed by atoms with Crippen LogP contribution in [-0.4, -0.2) is 20.9 Å². The summed E-state index contributed by atoms with van der Waals surface area (Å²) in [5.74, 6) is 0.747. The average Bonchev–Trinajstić information content (AvgIpc) is 2.78. The maximum atomic E-state index is 11.7. The van der Waals surface area contributed by atoms with Crippen molar-refractivity contribution in [2.45, 2.75) is 46.1 Å². The van der Waals surface area contributed by atoms with Crippen LogP contribution in [0.2, 0.25) is 0 Å². The van der Waals surface area contributed by atoms with Crippen molar-refractivity contribution < 1.29 is 9.90 Å². The maximum Gasteiger partial charge on any atom is 0.310 e. The van der Waals surface area contributed by atoms with Crippen LogP contribution in [0.3, 0.4) is 0 Å². The second-order valence-corrected chi connectivity index (χ2v) is 6.02. The fourth-order valence-electron chi connectivity index (χ4n) is 3.65. The summed E-state index contributed by atoms with van der Waals surface area (Å²) >= 11 is 0. The predicted molar refractivity (Wildman–Crippen MR) is 67.2 cm³/mol. The lowest BCUT2D eigenvalue weighted by Gasteiger charge is -2.26. The smallest absolute Gasteiger partial charge is 0.310 e. The van der Waals surface area contributed by atoms with Crippen LogP contribution in [-0.2, 0) is 17.8 Å². The van der Waals surface area contributed by atoms with Crippen LogP contribution in [0.1, 0.15) is 37.6 Å². The van der Waals surface area contributed by atoms with Gasteiger partial charge in [-0.1, -0.05) is 0 Å². The number of hydrogen-bond donors (Lipinski definition) is 1. The van der Waals surface area contributed by atoms with Gasteiger partial charge in [-0.05, 0) is 51.0 Å². The molecule has 2 fully saturated rings. The van der Waals surface area contributed by atoms with Gasteiger partial charge in [0.1, 0.15) is 0 Å². The van der Waals surface area contributed by atoms with Crippen molar-refractivity contribution in [2.24, 2.45) is 17.3 Å². The van der Waals surface area contributed by atoms with Crippen LogP contribution < -0.4 is 0 Å². The molecule has 2 aliphatic carbocycles. The molecule has 0 saturated heterocycles. The van der Waals surface area contributed by atoms with Crippen LogP contribution in [0, 0.1) is 24.2 Å². The Hall–Kier alpha value is -1.32. The summed E-state index contributed by atoms with van der Waals surface area (Å²) in [6.07, 6.45) is 3.62. The summed E-state index contributed by atoms with van der Waals surface area (Å²) in [4.78, 5) is 11.7. The third-order valence-corrected chi connectivity index (χ3v) is 4.63. The van der Waals surface area contributed by atoms with Crippen molar-refractivity contribution in [1.29, 1.82) is 0 Å². The molecule has 1 aromatic heterocycles. The van der Waals surface area contributed by atoms with Gasteiger partial charge >= 0.3 is 5.97 Å². The highest BCUT2D eigenvalue weighted by atomic mass is 16.4. The third-order valence-electron chi connectivity index (χ3n) is 4.63. The molecule has 2 aliphatic rings. The summed E-state index contributed by atoms with van der Waals surface area (Å²) < 4.78 is 1.95. The number of carbonyl (C=O) groups is 1. The molecule has 0 amide bonds. The van der Waals surface area contributed by atoms with E-state index in [1.54, 1.807) is 0 Å². The molecule has 2 atom stereocenters. The van der Waals surface area contributed by atoms with E-state index in [1.807, 2.05) is 17.7 Å². The number of hydrogen-bond acceptors (Lipinski definition) is 2. The second kappa shape index (κ2) is 3.84. The Morgan fingerprint density at radius 2 is 2.22 bits per heavy atom. The van der Waals surface area contributed by atoms with Gasteiger partial charge in [0.25, 0.3) is 0 Å². The fourth-order valence-corrected chi connectivity index (χ4v) is 3.65. The van der Waals surface area contributed by atoms with Crippen molar-refractivity contribution >= 4 is 5.97 Å². The molecule has 1 aromatic rings. The maximum absolute atomic E-state index is 11.7. The van der Waals surface area contributed by atoms with Gasteiger partial charge in [0.05, 0.1) is 11.1 Å². The Morgan fingerprint density at radius 3 is 2.78 bits per heavy atom. The van der Waals surface area contributed by atoms with Gasteiger partial charge < -0.3 is 5.11 Å². The highest BCUT2D eigenvalue weighted by Gasteiger charge is 2.57. The molecule has 1 N–H and O–H groups in total. The van der Waals surface area contributed by atoms with E-state index in [9.17, 15) is 9.90 Å². The molecule has 4 nitrogen and oxygen atoms in total. The van der Waals surface area contributed by atoms with E-state index in [2.05, 4.69) is 12.0 Å². The minimum Gasteiger partial charge on any atom is -0.481 e. The van der Waals surface area contributed by atoms with Gasteiger partial charge in [-0.2, -0.15) is 5.10 Å². The molecular formula is C14H20N2O2. The Kier molecular flexibility index (Phi) is 2.50. The number of rotatable bonds is 4. The van der Waals surface area contributed by atoms with Crippen LogP contribution in [0.15, 0.2) is 6.07 Å². The molecule has 18 heavy (non-hydrogen) atoms. The van der Waals surface area contributed by atoms with E-state index in [0.717, 1.165) is 30.8 Å². The van der Waals surface area contributed by atoms with Gasteiger partial charge in [-0.15, -0.1) is 0 Å². The van der Waals surface area contributed by atoms with E-state index in [-0.39, 0.29) is 0 Å². The summed E-state index contributed by atoms with van der Waals surface area (Å²) in [7, 11) is 0. The topological polar surface area (TPSA) is 55.1 Å². The van der Waals surface area contributed by atoms with Gasteiger partial charge in [-0.25, -0.2) is 0 Å². The van der Waals surface area contributed by atoms with Crippen LogP contribution in [0.5, 0.6) is 0 Å². The molecular weight excluding hydrogens is 228 g/mol. The summed E-state index contributed by atoms with van der Waals surface area (Å²) in [5.41, 5.74) is 1.54. The first-order chi connectivity index (χ1) is 8.54. The van der Waals surface area contributed by atoms with Gasteiger partial charge in [0.2, 0.25) is 0 Å². The number of nitrogens with zero attached hydrogens (tertiary/aromatic N) is 2. The zero-order valence-electron chi connectivity index (χ0n) is 11.0. The fraction of sp³-hybridized carbons (Fsp3) is 0.714. The largest absolute Gasteiger partial charge is 0.481 e. The minimum atomic E-state index is -0.615. The first-order valence-corrected chi connectivity index (χ1v) is 6.81. The summed E-state index contributed by atoms with van der Waals surface area (Å²) in [6.45, 7) is 4.83. The first kappa shape index (κ1) is 11.8. The Labute approximate surface area is 107 Å². The SMILES string of the molecule is CCn1nc(C)cc1CC1(C(=O)O)CC2CC2C1. The van der Waals surface area contributed by atoms with Gasteiger partial charge in [-0.3, -0.25) is 9.48 Å². The molecule has 1 heterocycles. The summed E-state index contributed by atoms with van der Waals surface area (Å²) in [5, 5.41) is 14.0. The first-order valence-electron chi connectivity index (χ1n) is 6.81. The standard InChI is InChI=1S/C14H20N2O2/c1-3-16-12(4-9(2)15-16)8-14(13(17)18)6-10-5-11(10)7-14/h4,10-11H,3,5-8H2,1-2H3,(H,17,18). The van der Waals surface area contributed by atoms with E-state index in [0.29, 0.717) is 18.3 Å². The molecule has 2 saturated carbocycles. The number of aryl methyl sites for hydroxylation is 2. The third kappa shape index (κ3) is 1.74. The van der Waals surface area contributed by atoms with Crippen LogP contribution in [0.4, 0.5) is 0 Å². The molecule has 0 bridgehead atoms. The Morgan fingerprint density at radius 1 is 1.56 bits per heavy atom. The van der Waals surface area contributed by atoms with Gasteiger partial charge in [0, 0.05) is 18.7 Å². The number of carboxylic acids is 1. The zero-order valence-corrected chi connectivity index (χ0v) is 11.0. The number of aromatic nitrogens is 2. The van der Waals surface area contributed by atoms with Gasteiger partial charge in [0.15, 0.2) is 0 Å². The molecule has 2 unspecified atom stereocenters. The van der Waals surface area contributed by atoms with E-state index in [1.165, 1.54) is 6.42 Å². The zero-order chi connectivity index (χ0) is 12.9. The predicted octanol–water partition coefficient (Wildman–Crippen LogP) is 2.25. The lowest BCUT2D eigenvalue weighted by Crippen LogP contribution is -2.32. The normalized spacial score (nSPS) is 33.4. The summed E-state index contributed by atoms with van der Waals surface area (Å²) in [6, 6.07) is 2.04. The van der Waals surface area contributed by atoms with Crippen molar-refractivity contribution in [1.82, 2.24) is 9.78 Å². The number of aliphatic carboxylic acids is 1. The number of fused-ring (bicyclic) bond motifs is 1. The van der Waals surface area contributed by atoms with Crippen molar-refractivity contribution in [3.63, 3.8) is 0 Å². The molecule has 4 heteroatoms. The molecule has 0 aliphatic heterocycles. The van der Waals surface area contributed by atoms with Crippen LogP contribution >= 0.6 is 0 Å². The van der Waals surface area contributed by atoms with E-state index >= 15 is 0 Å². The Balaban J connectivity index is 1.86. The molecule has 0 spiro atoms. The minimum absolute atomic E-state index is 0.521. The second-order valence-electron chi connectivity index (χ2n) is 6.02. The molecule has 0 radical (unpaired) electrons. The lowest BCUT2D eigenvalue weighted by molar-refractivity contribution is -0.149. The lowest BCUT2D eigenvalue weighted by atomic mass is 9.78. The quantitative estimate of drug-likeness (QED) is 0.889. The number of carboxylic acid groups (broad SMARTS) is 1. The van der Waals surface area contributed by atoms with E-state index < -0.39 is 11.4 Å². The monoisotopic (exact) mass is 248 g/mol. The van der Waals surface area contributed by atoms with Crippen molar-refractivity contribution in [2.75, 3.05) is 0 Å².